The highest BCUT2D eigenvalue weighted by atomic mass is 32.2. The van der Waals surface area contributed by atoms with Gasteiger partial charge in [-0.05, 0) is 50.1 Å². The summed E-state index contributed by atoms with van der Waals surface area (Å²) in [5.41, 5.74) is 1.93. The molecule has 0 saturated carbocycles. The molecule has 1 N–H and O–H groups in total. The van der Waals surface area contributed by atoms with Gasteiger partial charge in [0.25, 0.3) is 0 Å². The van der Waals surface area contributed by atoms with Gasteiger partial charge in [0.1, 0.15) is 0 Å². The highest BCUT2D eigenvalue weighted by Crippen LogP contribution is 2.33. The maximum absolute atomic E-state index is 12.6. The Hall–Kier alpha value is -2.18. The third-order valence-electron chi connectivity index (χ3n) is 4.27. The minimum Gasteiger partial charge on any atom is -0.454 e. The average Bonchev–Trinajstić information content (AvgIpc) is 3.09. The van der Waals surface area contributed by atoms with Crippen LogP contribution in [-0.4, -0.2) is 36.9 Å². The van der Waals surface area contributed by atoms with E-state index < -0.39 is 0 Å². The van der Waals surface area contributed by atoms with Crippen LogP contribution in [0.4, 0.5) is 5.69 Å². The summed E-state index contributed by atoms with van der Waals surface area (Å²) in [6, 6.07) is 13.4. The number of fused-ring (bicyclic) bond motifs is 1. The quantitative estimate of drug-likeness (QED) is 0.800. The summed E-state index contributed by atoms with van der Waals surface area (Å²) in [6.07, 6.45) is 2.00. The molecule has 0 radical (unpaired) electrons. The molecular weight excluding hydrogens is 336 g/mol. The van der Waals surface area contributed by atoms with Crippen molar-refractivity contribution in [1.82, 2.24) is 4.90 Å². The molecule has 1 atom stereocenters. The first-order chi connectivity index (χ1) is 12.1. The third kappa shape index (κ3) is 4.08. The van der Waals surface area contributed by atoms with Crippen molar-refractivity contribution in [2.75, 3.05) is 25.4 Å². The van der Waals surface area contributed by atoms with Crippen LogP contribution < -0.4 is 14.8 Å². The van der Waals surface area contributed by atoms with Crippen LogP contribution in [0.3, 0.4) is 0 Å². The SMILES string of the molecule is CSc1ccccc1NC(=O)[C@H](C)N(C)Cc1ccc2c(c1)OCO2. The molecule has 1 amide bonds. The van der Waals surface area contributed by atoms with Crippen LogP contribution in [-0.2, 0) is 11.3 Å². The fourth-order valence-electron chi connectivity index (χ4n) is 2.65. The first-order valence-corrected chi connectivity index (χ1v) is 9.33. The van der Waals surface area contributed by atoms with Crippen molar-refractivity contribution < 1.29 is 14.3 Å². The van der Waals surface area contributed by atoms with E-state index >= 15 is 0 Å². The molecule has 1 aliphatic heterocycles. The number of nitrogens with one attached hydrogen (secondary N) is 1. The van der Waals surface area contributed by atoms with Gasteiger partial charge in [-0.25, -0.2) is 0 Å². The topological polar surface area (TPSA) is 50.8 Å². The number of likely N-dealkylation sites (N-methyl/N-ethyl adjacent to an activating group) is 1. The van der Waals surface area contributed by atoms with Crippen LogP contribution in [0.25, 0.3) is 0 Å². The number of thioether (sulfide) groups is 1. The lowest BCUT2D eigenvalue weighted by molar-refractivity contribution is -0.120. The van der Waals surface area contributed by atoms with Crippen molar-refractivity contribution in [2.45, 2.75) is 24.4 Å². The molecule has 1 heterocycles. The standard InChI is InChI=1S/C19H22N2O3S/c1-13(19(22)20-15-6-4-5-7-18(15)25-3)21(2)11-14-8-9-16-17(10-14)24-12-23-16/h4-10,13H,11-12H2,1-3H3,(H,20,22)/t13-/m0/s1. The maximum atomic E-state index is 12.6. The van der Waals surface area contributed by atoms with E-state index in [1.807, 2.05) is 67.6 Å². The van der Waals surface area contributed by atoms with Gasteiger partial charge in [-0.3, -0.25) is 9.69 Å². The zero-order valence-electron chi connectivity index (χ0n) is 14.6. The van der Waals surface area contributed by atoms with Gasteiger partial charge in [-0.15, -0.1) is 11.8 Å². The zero-order valence-corrected chi connectivity index (χ0v) is 15.4. The number of nitrogens with zero attached hydrogens (tertiary/aromatic N) is 1. The van der Waals surface area contributed by atoms with E-state index in [1.165, 1.54) is 0 Å². The number of hydrogen-bond donors (Lipinski definition) is 1. The highest BCUT2D eigenvalue weighted by Gasteiger charge is 2.20. The summed E-state index contributed by atoms with van der Waals surface area (Å²) in [4.78, 5) is 15.7. The Morgan fingerprint density at radius 3 is 2.80 bits per heavy atom. The van der Waals surface area contributed by atoms with Crippen LogP contribution >= 0.6 is 11.8 Å². The summed E-state index contributed by atoms with van der Waals surface area (Å²) in [7, 11) is 1.94. The molecule has 5 nitrogen and oxygen atoms in total. The van der Waals surface area contributed by atoms with Crippen LogP contribution in [0.2, 0.25) is 0 Å². The minimum atomic E-state index is -0.264. The molecule has 1 aliphatic rings. The summed E-state index contributed by atoms with van der Waals surface area (Å²) in [6.45, 7) is 2.82. The fraction of sp³-hybridized carbons (Fsp3) is 0.316. The Labute approximate surface area is 152 Å². The van der Waals surface area contributed by atoms with Crippen LogP contribution in [0.1, 0.15) is 12.5 Å². The number of carbonyl (C=O) groups is 1. The van der Waals surface area contributed by atoms with Crippen molar-refractivity contribution in [3.05, 3.63) is 48.0 Å². The molecule has 0 fully saturated rings. The molecule has 0 bridgehead atoms. The van der Waals surface area contributed by atoms with Gasteiger partial charge < -0.3 is 14.8 Å². The Morgan fingerprint density at radius 2 is 2.00 bits per heavy atom. The van der Waals surface area contributed by atoms with Crippen LogP contribution in [0.5, 0.6) is 11.5 Å². The lowest BCUT2D eigenvalue weighted by atomic mass is 10.1. The van der Waals surface area contributed by atoms with E-state index in [0.717, 1.165) is 27.6 Å². The van der Waals surface area contributed by atoms with Gasteiger partial charge in [0, 0.05) is 11.4 Å². The Morgan fingerprint density at radius 1 is 1.24 bits per heavy atom. The van der Waals surface area contributed by atoms with Gasteiger partial charge in [0.2, 0.25) is 12.7 Å². The highest BCUT2D eigenvalue weighted by molar-refractivity contribution is 7.98. The molecule has 6 heteroatoms. The summed E-state index contributed by atoms with van der Waals surface area (Å²) >= 11 is 1.62. The monoisotopic (exact) mass is 358 g/mol. The summed E-state index contributed by atoms with van der Waals surface area (Å²) in [5, 5.41) is 3.02. The largest absolute Gasteiger partial charge is 0.454 e. The molecule has 0 aromatic heterocycles. The third-order valence-corrected chi connectivity index (χ3v) is 5.07. The van der Waals surface area contributed by atoms with Gasteiger partial charge in [0.15, 0.2) is 11.5 Å². The van der Waals surface area contributed by atoms with Crippen LogP contribution in [0.15, 0.2) is 47.4 Å². The maximum Gasteiger partial charge on any atom is 0.241 e. The van der Waals surface area contributed by atoms with Crippen molar-refractivity contribution in [3.63, 3.8) is 0 Å². The van der Waals surface area contributed by atoms with Gasteiger partial charge in [-0.2, -0.15) is 0 Å². The number of anilines is 1. The first-order valence-electron chi connectivity index (χ1n) is 8.11. The molecular formula is C19H22N2O3S. The molecule has 3 rings (SSSR count). The van der Waals surface area contributed by atoms with Crippen molar-refractivity contribution in [3.8, 4) is 11.5 Å². The number of carbonyl (C=O) groups excluding carboxylic acids is 1. The van der Waals surface area contributed by atoms with E-state index in [-0.39, 0.29) is 18.7 Å². The molecule has 25 heavy (non-hydrogen) atoms. The van der Waals surface area contributed by atoms with Crippen molar-refractivity contribution in [1.29, 1.82) is 0 Å². The van der Waals surface area contributed by atoms with E-state index in [4.69, 9.17) is 9.47 Å². The average molecular weight is 358 g/mol. The molecule has 0 spiro atoms. The van der Waals surface area contributed by atoms with Crippen molar-refractivity contribution in [2.24, 2.45) is 0 Å². The van der Waals surface area contributed by atoms with Crippen LogP contribution in [0, 0.1) is 0 Å². The smallest absolute Gasteiger partial charge is 0.241 e. The molecule has 2 aromatic carbocycles. The number of para-hydroxylation sites is 1. The fourth-order valence-corrected chi connectivity index (χ4v) is 3.20. The second-order valence-corrected chi connectivity index (χ2v) is 6.82. The minimum absolute atomic E-state index is 0.0234. The lowest BCUT2D eigenvalue weighted by Gasteiger charge is -2.24. The van der Waals surface area contributed by atoms with E-state index in [1.54, 1.807) is 11.8 Å². The van der Waals surface area contributed by atoms with Crippen molar-refractivity contribution >= 4 is 23.4 Å². The number of amides is 1. The lowest BCUT2D eigenvalue weighted by Crippen LogP contribution is -2.39. The number of rotatable bonds is 6. The predicted molar refractivity (Wildman–Crippen MR) is 100 cm³/mol. The van der Waals surface area contributed by atoms with Gasteiger partial charge in [0.05, 0.1) is 11.7 Å². The Balaban J connectivity index is 1.63. The predicted octanol–water partition coefficient (Wildman–Crippen LogP) is 3.60. The second-order valence-electron chi connectivity index (χ2n) is 5.97. The summed E-state index contributed by atoms with van der Waals surface area (Å²) in [5.74, 6) is 1.51. The normalized spacial score (nSPS) is 13.8. The second kappa shape index (κ2) is 7.80. The zero-order chi connectivity index (χ0) is 17.8. The Bertz CT molecular complexity index is 766. The number of benzene rings is 2. The molecule has 132 valence electrons. The Kier molecular flexibility index (Phi) is 5.50. The molecule has 0 aliphatic carbocycles. The number of ether oxygens (including phenoxy) is 2. The van der Waals surface area contributed by atoms with Gasteiger partial charge >= 0.3 is 0 Å². The molecule has 0 unspecified atom stereocenters. The summed E-state index contributed by atoms with van der Waals surface area (Å²) < 4.78 is 10.7. The van der Waals surface area contributed by atoms with E-state index in [0.29, 0.717) is 6.54 Å². The number of hydrogen-bond acceptors (Lipinski definition) is 5. The molecule has 0 saturated heterocycles. The van der Waals surface area contributed by atoms with Gasteiger partial charge in [-0.1, -0.05) is 18.2 Å². The van der Waals surface area contributed by atoms with E-state index in [9.17, 15) is 4.79 Å². The molecule has 2 aromatic rings. The first kappa shape index (κ1) is 17.6. The van der Waals surface area contributed by atoms with E-state index in [2.05, 4.69) is 5.32 Å².